The number of rotatable bonds is 7. The number of esters is 1. The van der Waals surface area contributed by atoms with Crippen molar-refractivity contribution >= 4 is 17.8 Å². The van der Waals surface area contributed by atoms with Crippen molar-refractivity contribution in [2.45, 2.75) is 13.3 Å². The maximum absolute atomic E-state index is 11.7. The number of nitrogens with one attached hydrogen (secondary N) is 1. The van der Waals surface area contributed by atoms with Crippen LogP contribution in [0.15, 0.2) is 22.8 Å². The first kappa shape index (κ1) is 15.7. The summed E-state index contributed by atoms with van der Waals surface area (Å²) in [7, 11) is 1.51. The first-order valence-corrected chi connectivity index (χ1v) is 6.26. The van der Waals surface area contributed by atoms with Gasteiger partial charge in [-0.2, -0.15) is 0 Å². The summed E-state index contributed by atoms with van der Waals surface area (Å²) in [6, 6.07) is 3.14. The van der Waals surface area contributed by atoms with Crippen LogP contribution in [-0.4, -0.2) is 49.4 Å². The topological polar surface area (TPSA) is 88.9 Å². The SMILES string of the molecule is CCOC(=O)CN(C)C(=O)CCNC(=O)c1ccco1. The number of carbonyl (C=O) groups excluding carboxylic acids is 3. The minimum absolute atomic E-state index is 0.0984. The average molecular weight is 282 g/mol. The molecule has 7 nitrogen and oxygen atoms in total. The van der Waals surface area contributed by atoms with Crippen LogP contribution < -0.4 is 5.32 Å². The molecular formula is C13H18N2O5. The number of amides is 2. The molecule has 1 aromatic rings. The van der Waals surface area contributed by atoms with E-state index in [-0.39, 0.29) is 43.7 Å². The molecule has 0 saturated heterocycles. The summed E-state index contributed by atoms with van der Waals surface area (Å²) < 4.78 is 9.65. The van der Waals surface area contributed by atoms with E-state index >= 15 is 0 Å². The predicted molar refractivity (Wildman–Crippen MR) is 69.9 cm³/mol. The van der Waals surface area contributed by atoms with Crippen molar-refractivity contribution in [3.63, 3.8) is 0 Å². The Hall–Kier alpha value is -2.31. The molecule has 7 heteroatoms. The van der Waals surface area contributed by atoms with Crippen molar-refractivity contribution in [3.8, 4) is 0 Å². The fraction of sp³-hybridized carbons (Fsp3) is 0.462. The van der Waals surface area contributed by atoms with E-state index in [1.54, 1.807) is 13.0 Å². The molecule has 0 saturated carbocycles. The highest BCUT2D eigenvalue weighted by Gasteiger charge is 2.14. The molecule has 0 aliphatic rings. The van der Waals surface area contributed by atoms with Crippen molar-refractivity contribution in [2.75, 3.05) is 26.7 Å². The second-order valence-corrected chi connectivity index (χ2v) is 4.04. The van der Waals surface area contributed by atoms with Crippen LogP contribution in [0, 0.1) is 0 Å². The third kappa shape index (κ3) is 5.13. The van der Waals surface area contributed by atoms with Crippen molar-refractivity contribution < 1.29 is 23.5 Å². The molecule has 20 heavy (non-hydrogen) atoms. The monoisotopic (exact) mass is 282 g/mol. The van der Waals surface area contributed by atoms with Gasteiger partial charge in [0.15, 0.2) is 5.76 Å². The van der Waals surface area contributed by atoms with Crippen LogP contribution in [0.2, 0.25) is 0 Å². The zero-order valence-corrected chi connectivity index (χ0v) is 11.5. The minimum atomic E-state index is -0.456. The third-order valence-electron chi connectivity index (χ3n) is 2.47. The van der Waals surface area contributed by atoms with Gasteiger partial charge < -0.3 is 19.4 Å². The third-order valence-corrected chi connectivity index (χ3v) is 2.47. The summed E-state index contributed by atoms with van der Waals surface area (Å²) in [4.78, 5) is 35.7. The average Bonchev–Trinajstić information content (AvgIpc) is 2.92. The molecular weight excluding hydrogens is 264 g/mol. The van der Waals surface area contributed by atoms with E-state index in [1.807, 2.05) is 0 Å². The number of nitrogens with zero attached hydrogens (tertiary/aromatic N) is 1. The normalized spacial score (nSPS) is 9.90. The Morgan fingerprint density at radius 3 is 2.75 bits per heavy atom. The van der Waals surface area contributed by atoms with Gasteiger partial charge in [0.25, 0.3) is 5.91 Å². The maximum atomic E-state index is 11.7. The Kier molecular flexibility index (Phi) is 6.28. The molecule has 0 unspecified atom stereocenters. The molecule has 0 aliphatic heterocycles. The molecule has 0 atom stereocenters. The minimum Gasteiger partial charge on any atom is -0.465 e. The van der Waals surface area contributed by atoms with E-state index in [1.165, 1.54) is 24.3 Å². The first-order chi connectivity index (χ1) is 9.54. The van der Waals surface area contributed by atoms with Gasteiger partial charge in [-0.05, 0) is 19.1 Å². The molecule has 2 amide bonds. The van der Waals surface area contributed by atoms with Crippen LogP contribution in [0.25, 0.3) is 0 Å². The smallest absolute Gasteiger partial charge is 0.325 e. The fourth-order valence-electron chi connectivity index (χ4n) is 1.46. The second-order valence-electron chi connectivity index (χ2n) is 4.04. The van der Waals surface area contributed by atoms with Gasteiger partial charge in [-0.15, -0.1) is 0 Å². The summed E-state index contributed by atoms with van der Waals surface area (Å²) in [5, 5.41) is 2.55. The number of hydrogen-bond acceptors (Lipinski definition) is 5. The highest BCUT2D eigenvalue weighted by atomic mass is 16.5. The van der Waals surface area contributed by atoms with E-state index in [2.05, 4.69) is 5.32 Å². The van der Waals surface area contributed by atoms with E-state index in [4.69, 9.17) is 9.15 Å². The Morgan fingerprint density at radius 1 is 1.40 bits per heavy atom. The Balaban J connectivity index is 2.25. The van der Waals surface area contributed by atoms with Crippen molar-refractivity contribution in [1.82, 2.24) is 10.2 Å². The zero-order chi connectivity index (χ0) is 15.0. The Morgan fingerprint density at radius 2 is 2.15 bits per heavy atom. The van der Waals surface area contributed by atoms with Crippen LogP contribution in [0.4, 0.5) is 0 Å². The summed E-state index contributed by atoms with van der Waals surface area (Å²) in [5.41, 5.74) is 0. The lowest BCUT2D eigenvalue weighted by Crippen LogP contribution is -2.35. The zero-order valence-electron chi connectivity index (χ0n) is 11.5. The van der Waals surface area contributed by atoms with Gasteiger partial charge in [-0.3, -0.25) is 14.4 Å². The van der Waals surface area contributed by atoms with Gasteiger partial charge in [0, 0.05) is 20.0 Å². The second kappa shape index (κ2) is 7.98. The molecule has 110 valence electrons. The first-order valence-electron chi connectivity index (χ1n) is 6.26. The Bertz CT molecular complexity index is 455. The lowest BCUT2D eigenvalue weighted by Gasteiger charge is -2.16. The number of furan rings is 1. The summed E-state index contributed by atoms with van der Waals surface area (Å²) in [5.74, 6) is -0.894. The highest BCUT2D eigenvalue weighted by Crippen LogP contribution is 1.99. The molecule has 0 fully saturated rings. The lowest BCUT2D eigenvalue weighted by molar-refractivity contribution is -0.148. The van der Waals surface area contributed by atoms with Gasteiger partial charge >= 0.3 is 5.97 Å². The number of carbonyl (C=O) groups is 3. The molecule has 1 heterocycles. The molecule has 1 rings (SSSR count). The quantitative estimate of drug-likeness (QED) is 0.732. The number of hydrogen-bond donors (Lipinski definition) is 1. The fourth-order valence-corrected chi connectivity index (χ4v) is 1.46. The van der Waals surface area contributed by atoms with Crippen LogP contribution in [0.3, 0.4) is 0 Å². The van der Waals surface area contributed by atoms with E-state index in [0.29, 0.717) is 0 Å². The molecule has 0 aromatic carbocycles. The van der Waals surface area contributed by atoms with E-state index in [0.717, 1.165) is 0 Å². The predicted octanol–water partition coefficient (Wildman–Crippen LogP) is 0.421. The van der Waals surface area contributed by atoms with Gasteiger partial charge in [-0.1, -0.05) is 0 Å². The number of likely N-dealkylation sites (N-methyl/N-ethyl adjacent to an activating group) is 1. The van der Waals surface area contributed by atoms with Crippen LogP contribution in [0.5, 0.6) is 0 Å². The summed E-state index contributed by atoms with van der Waals surface area (Å²) in [6.07, 6.45) is 1.50. The van der Waals surface area contributed by atoms with Gasteiger partial charge in [0.05, 0.1) is 12.9 Å². The van der Waals surface area contributed by atoms with Crippen molar-refractivity contribution in [1.29, 1.82) is 0 Å². The van der Waals surface area contributed by atoms with Crippen molar-refractivity contribution in [3.05, 3.63) is 24.2 Å². The standard InChI is InChI=1S/C13H18N2O5/c1-3-19-12(17)9-15(2)11(16)6-7-14-13(18)10-5-4-8-20-10/h4-5,8H,3,6-7,9H2,1-2H3,(H,14,18). The maximum Gasteiger partial charge on any atom is 0.325 e. The molecule has 1 aromatic heterocycles. The molecule has 0 bridgehead atoms. The number of ether oxygens (including phenoxy) is 1. The molecule has 0 aliphatic carbocycles. The largest absolute Gasteiger partial charge is 0.465 e. The van der Waals surface area contributed by atoms with E-state index < -0.39 is 5.97 Å². The van der Waals surface area contributed by atoms with Crippen molar-refractivity contribution in [2.24, 2.45) is 0 Å². The molecule has 0 spiro atoms. The van der Waals surface area contributed by atoms with Crippen LogP contribution >= 0.6 is 0 Å². The van der Waals surface area contributed by atoms with Crippen LogP contribution in [-0.2, 0) is 14.3 Å². The lowest BCUT2D eigenvalue weighted by atomic mass is 10.3. The molecule has 0 radical (unpaired) electrons. The highest BCUT2D eigenvalue weighted by molar-refractivity contribution is 5.91. The summed E-state index contributed by atoms with van der Waals surface area (Å²) >= 11 is 0. The Labute approximate surface area is 116 Å². The van der Waals surface area contributed by atoms with Gasteiger partial charge in [0.1, 0.15) is 6.54 Å². The van der Waals surface area contributed by atoms with Crippen LogP contribution in [0.1, 0.15) is 23.9 Å². The summed E-state index contributed by atoms with van der Waals surface area (Å²) in [6.45, 7) is 2.05. The van der Waals surface area contributed by atoms with E-state index in [9.17, 15) is 14.4 Å². The van der Waals surface area contributed by atoms with Gasteiger partial charge in [-0.25, -0.2) is 0 Å². The van der Waals surface area contributed by atoms with Gasteiger partial charge in [0.2, 0.25) is 5.91 Å². The molecule has 1 N–H and O–H groups in total.